The molecule has 1 rings (SSSR count). The van der Waals surface area contributed by atoms with E-state index >= 15 is 0 Å². The van der Waals surface area contributed by atoms with Gasteiger partial charge in [0.15, 0.2) is 0 Å². The number of rotatable bonds is 27. The summed E-state index contributed by atoms with van der Waals surface area (Å²) in [5.41, 5.74) is 0. The van der Waals surface area contributed by atoms with Gasteiger partial charge < -0.3 is 0 Å². The van der Waals surface area contributed by atoms with E-state index in [0.29, 0.717) is 0 Å². The fraction of sp³-hybridized carbons (Fsp3) is 0.909. The van der Waals surface area contributed by atoms with Crippen LogP contribution in [0.2, 0.25) is 0 Å². The molecule has 0 aliphatic heterocycles. The fourth-order valence-corrected chi connectivity index (χ4v) is 5.38. The van der Waals surface area contributed by atoms with E-state index in [0.717, 1.165) is 5.92 Å². The largest absolute Gasteiger partial charge is 0.254 e. The molecule has 1 aromatic rings. The SMILES string of the molecule is CCCCCCCCCCCCCCCCC[n+]1cc[nH]c1CCCCCCCCCCC(C)C. The lowest BCUT2D eigenvalue weighted by molar-refractivity contribution is -0.703. The first-order valence-electron chi connectivity index (χ1n) is 16.3. The average molecular weight is 490 g/mol. The van der Waals surface area contributed by atoms with E-state index < -0.39 is 0 Å². The molecule has 0 radical (unpaired) electrons. The lowest BCUT2D eigenvalue weighted by atomic mass is 10.0. The third-order valence-corrected chi connectivity index (χ3v) is 7.80. The van der Waals surface area contributed by atoms with Gasteiger partial charge in [0.2, 0.25) is 0 Å². The summed E-state index contributed by atoms with van der Waals surface area (Å²) in [6.45, 7) is 8.19. The zero-order chi connectivity index (χ0) is 25.2. The summed E-state index contributed by atoms with van der Waals surface area (Å²) >= 11 is 0. The number of aromatic amines is 1. The molecule has 2 nitrogen and oxygen atoms in total. The van der Waals surface area contributed by atoms with Crippen molar-refractivity contribution in [2.75, 3.05) is 0 Å². The predicted molar refractivity (Wildman–Crippen MR) is 156 cm³/mol. The van der Waals surface area contributed by atoms with Crippen LogP contribution < -0.4 is 4.57 Å². The molecule has 1 heterocycles. The van der Waals surface area contributed by atoms with Crippen LogP contribution in [0.15, 0.2) is 12.4 Å². The molecule has 0 bridgehead atoms. The second kappa shape index (κ2) is 24.9. The molecule has 2 heteroatoms. The third kappa shape index (κ3) is 21.0. The molecular formula is C33H65N2+. The van der Waals surface area contributed by atoms with Gasteiger partial charge in [-0.2, -0.15) is 0 Å². The Balaban J connectivity index is 1.87. The highest BCUT2D eigenvalue weighted by molar-refractivity contribution is 4.77. The molecule has 0 aliphatic carbocycles. The Morgan fingerprint density at radius 1 is 0.571 bits per heavy atom. The van der Waals surface area contributed by atoms with Gasteiger partial charge in [-0.25, -0.2) is 9.55 Å². The quantitative estimate of drug-likeness (QED) is 0.0936. The molecule has 0 saturated heterocycles. The van der Waals surface area contributed by atoms with Crippen molar-refractivity contribution in [2.24, 2.45) is 5.92 Å². The zero-order valence-electron chi connectivity index (χ0n) is 24.6. The fourth-order valence-electron chi connectivity index (χ4n) is 5.38. The number of imidazole rings is 1. The van der Waals surface area contributed by atoms with Crippen LogP contribution in [0.4, 0.5) is 0 Å². The molecule has 0 spiro atoms. The minimum atomic E-state index is 0.880. The molecule has 0 aromatic carbocycles. The number of aryl methyl sites for hydroxylation is 2. The van der Waals surface area contributed by atoms with Gasteiger partial charge in [-0.05, 0) is 25.2 Å². The molecular weight excluding hydrogens is 424 g/mol. The molecule has 0 aliphatic rings. The minimum absolute atomic E-state index is 0.880. The van der Waals surface area contributed by atoms with Crippen molar-refractivity contribution in [3.05, 3.63) is 18.2 Å². The molecule has 0 saturated carbocycles. The first-order valence-corrected chi connectivity index (χ1v) is 16.3. The van der Waals surface area contributed by atoms with Crippen molar-refractivity contribution in [3.63, 3.8) is 0 Å². The molecule has 0 fully saturated rings. The number of unbranched alkanes of at least 4 members (excludes halogenated alkanes) is 21. The maximum Gasteiger partial charge on any atom is 0.254 e. The van der Waals surface area contributed by atoms with Gasteiger partial charge in [0.25, 0.3) is 5.82 Å². The Morgan fingerprint density at radius 3 is 1.49 bits per heavy atom. The van der Waals surface area contributed by atoms with E-state index in [-0.39, 0.29) is 0 Å². The maximum atomic E-state index is 3.51. The monoisotopic (exact) mass is 490 g/mol. The highest BCUT2D eigenvalue weighted by atomic mass is 15.1. The molecule has 1 N–H and O–H groups in total. The summed E-state index contributed by atoms with van der Waals surface area (Å²) in [6.07, 6.45) is 40.0. The average Bonchev–Trinajstić information content (AvgIpc) is 3.29. The van der Waals surface area contributed by atoms with Gasteiger partial charge in [0.05, 0.1) is 6.54 Å². The topological polar surface area (TPSA) is 19.7 Å². The lowest BCUT2D eigenvalue weighted by Gasteiger charge is -2.05. The van der Waals surface area contributed by atoms with Crippen molar-refractivity contribution < 1.29 is 4.57 Å². The number of hydrogen-bond acceptors (Lipinski definition) is 0. The van der Waals surface area contributed by atoms with E-state index in [2.05, 4.69) is 42.7 Å². The Bertz CT molecular complexity index is 533. The Hall–Kier alpha value is -0.790. The van der Waals surface area contributed by atoms with Crippen molar-refractivity contribution in [2.45, 2.75) is 188 Å². The van der Waals surface area contributed by atoms with E-state index in [4.69, 9.17) is 0 Å². The molecule has 1 aromatic heterocycles. The molecule has 0 atom stereocenters. The molecule has 35 heavy (non-hydrogen) atoms. The predicted octanol–water partition coefficient (Wildman–Crippen LogP) is 10.9. The summed E-state index contributed by atoms with van der Waals surface area (Å²) in [5, 5.41) is 0. The Labute approximate surface area is 221 Å². The van der Waals surface area contributed by atoms with Crippen LogP contribution in [0.3, 0.4) is 0 Å². The minimum Gasteiger partial charge on any atom is -0.248 e. The Kier molecular flexibility index (Phi) is 22.9. The second-order valence-corrected chi connectivity index (χ2v) is 11.8. The second-order valence-electron chi connectivity index (χ2n) is 11.8. The number of nitrogens with one attached hydrogen (secondary N) is 1. The highest BCUT2D eigenvalue weighted by Crippen LogP contribution is 2.14. The van der Waals surface area contributed by atoms with Gasteiger partial charge in [0.1, 0.15) is 12.4 Å². The van der Waals surface area contributed by atoms with Crippen LogP contribution in [0.1, 0.15) is 181 Å². The normalized spacial score (nSPS) is 11.7. The zero-order valence-corrected chi connectivity index (χ0v) is 24.6. The van der Waals surface area contributed by atoms with Gasteiger partial charge in [-0.3, -0.25) is 0 Å². The summed E-state index contributed by atoms with van der Waals surface area (Å²) in [6, 6.07) is 0. The van der Waals surface area contributed by atoms with E-state index in [9.17, 15) is 0 Å². The smallest absolute Gasteiger partial charge is 0.248 e. The van der Waals surface area contributed by atoms with Crippen LogP contribution >= 0.6 is 0 Å². The molecule has 0 unspecified atom stereocenters. The van der Waals surface area contributed by atoms with Crippen LogP contribution in [-0.4, -0.2) is 4.98 Å². The van der Waals surface area contributed by atoms with Gasteiger partial charge in [0, 0.05) is 6.42 Å². The third-order valence-electron chi connectivity index (χ3n) is 7.80. The summed E-state index contributed by atoms with van der Waals surface area (Å²) in [4.78, 5) is 3.51. The number of hydrogen-bond donors (Lipinski definition) is 1. The van der Waals surface area contributed by atoms with Crippen molar-refractivity contribution >= 4 is 0 Å². The number of H-pyrrole nitrogens is 1. The van der Waals surface area contributed by atoms with Gasteiger partial charge in [-0.15, -0.1) is 0 Å². The summed E-state index contributed by atoms with van der Waals surface area (Å²) < 4.78 is 2.48. The number of aromatic nitrogens is 2. The van der Waals surface area contributed by atoms with Crippen LogP contribution in [0, 0.1) is 5.92 Å². The summed E-state index contributed by atoms with van der Waals surface area (Å²) in [7, 11) is 0. The first-order chi connectivity index (χ1) is 17.2. The summed E-state index contributed by atoms with van der Waals surface area (Å²) in [5.74, 6) is 2.33. The highest BCUT2D eigenvalue weighted by Gasteiger charge is 2.09. The molecule has 206 valence electrons. The van der Waals surface area contributed by atoms with Crippen molar-refractivity contribution in [1.82, 2.24) is 4.98 Å². The molecule has 0 amide bonds. The van der Waals surface area contributed by atoms with Crippen molar-refractivity contribution in [1.29, 1.82) is 0 Å². The van der Waals surface area contributed by atoms with Gasteiger partial charge in [-0.1, -0.05) is 156 Å². The van der Waals surface area contributed by atoms with Crippen molar-refractivity contribution in [3.8, 4) is 0 Å². The van der Waals surface area contributed by atoms with E-state index in [1.807, 2.05) is 0 Å². The van der Waals surface area contributed by atoms with Crippen LogP contribution in [-0.2, 0) is 13.0 Å². The van der Waals surface area contributed by atoms with E-state index in [1.165, 1.54) is 173 Å². The number of nitrogens with zero attached hydrogens (tertiary/aromatic N) is 1. The van der Waals surface area contributed by atoms with Gasteiger partial charge >= 0.3 is 0 Å². The maximum absolute atomic E-state index is 3.51. The standard InChI is InChI=1S/C33H64N2/c1-4-5-6-7-8-9-10-11-12-13-14-17-20-23-26-30-35-31-29-34-33(35)28-25-22-19-16-15-18-21-24-27-32(2)3/h29,31-32H,4-28,30H2,1-3H3/p+1. The lowest BCUT2D eigenvalue weighted by Crippen LogP contribution is -2.36. The van der Waals surface area contributed by atoms with Crippen LogP contribution in [0.25, 0.3) is 0 Å². The van der Waals surface area contributed by atoms with E-state index in [1.54, 1.807) is 0 Å². The Morgan fingerprint density at radius 2 is 1.00 bits per heavy atom. The first kappa shape index (κ1) is 32.2. The van der Waals surface area contributed by atoms with Crippen LogP contribution in [0.5, 0.6) is 0 Å².